The Hall–Kier alpha value is -0.570. The van der Waals surface area contributed by atoms with Crippen LogP contribution in [0.3, 0.4) is 0 Å². The molecule has 60 valence electrons. The Morgan fingerprint density at radius 2 is 2.20 bits per heavy atom. The average Bonchev–Trinajstić information content (AvgIpc) is 1.87. The van der Waals surface area contributed by atoms with Crippen LogP contribution in [0.5, 0.6) is 0 Å². The molecule has 2 N–H and O–H groups in total. The highest BCUT2D eigenvalue weighted by Crippen LogP contribution is 2.05. The summed E-state index contributed by atoms with van der Waals surface area (Å²) >= 11 is 0. The molecular weight excluding hydrogens is 130 g/mol. The Kier molecular flexibility index (Phi) is 4.94. The van der Waals surface area contributed by atoms with Gasteiger partial charge in [0.1, 0.15) is 0 Å². The molecule has 0 saturated carbocycles. The van der Waals surface area contributed by atoms with E-state index >= 15 is 0 Å². The van der Waals surface area contributed by atoms with E-state index in [4.69, 9.17) is 0 Å². The first kappa shape index (κ1) is 9.43. The standard InChI is InChI=1S/C7H15NO2/c1-6(2)4-3-5-7(9)10-8/h6H,3-5,8H2,1-2H3. The maximum atomic E-state index is 10.4. The molecule has 0 fully saturated rings. The van der Waals surface area contributed by atoms with E-state index in [1.807, 2.05) is 0 Å². The maximum Gasteiger partial charge on any atom is 0.324 e. The van der Waals surface area contributed by atoms with E-state index in [0.717, 1.165) is 12.8 Å². The predicted molar refractivity (Wildman–Crippen MR) is 39.0 cm³/mol. The second-order valence-electron chi connectivity index (χ2n) is 2.78. The summed E-state index contributed by atoms with van der Waals surface area (Å²) in [6.07, 6.45) is 2.36. The fourth-order valence-electron chi connectivity index (χ4n) is 0.714. The second-order valence-corrected chi connectivity index (χ2v) is 2.78. The molecule has 0 bridgehead atoms. The maximum absolute atomic E-state index is 10.4. The Labute approximate surface area is 61.5 Å². The Bertz CT molecular complexity index is 102. The predicted octanol–water partition coefficient (Wildman–Crippen LogP) is 1.23. The molecule has 0 rings (SSSR count). The van der Waals surface area contributed by atoms with Crippen molar-refractivity contribution in [2.75, 3.05) is 0 Å². The van der Waals surface area contributed by atoms with Crippen molar-refractivity contribution in [3.05, 3.63) is 0 Å². The van der Waals surface area contributed by atoms with Crippen LogP contribution in [0.25, 0.3) is 0 Å². The van der Waals surface area contributed by atoms with Gasteiger partial charge in [-0.3, -0.25) is 4.79 Å². The molecule has 0 unspecified atom stereocenters. The van der Waals surface area contributed by atoms with Gasteiger partial charge in [0.25, 0.3) is 0 Å². The van der Waals surface area contributed by atoms with Crippen molar-refractivity contribution in [3.8, 4) is 0 Å². The van der Waals surface area contributed by atoms with Crippen LogP contribution >= 0.6 is 0 Å². The highest BCUT2D eigenvalue weighted by molar-refractivity contribution is 5.68. The first-order valence-corrected chi connectivity index (χ1v) is 3.56. The summed E-state index contributed by atoms with van der Waals surface area (Å²) in [5.74, 6) is 4.96. The summed E-state index contributed by atoms with van der Waals surface area (Å²) in [6.45, 7) is 4.24. The zero-order chi connectivity index (χ0) is 7.98. The number of hydrogen-bond donors (Lipinski definition) is 1. The molecule has 0 aliphatic carbocycles. The number of carbonyl (C=O) groups excluding carboxylic acids is 1. The van der Waals surface area contributed by atoms with Gasteiger partial charge >= 0.3 is 5.97 Å². The zero-order valence-corrected chi connectivity index (χ0v) is 6.59. The topological polar surface area (TPSA) is 52.3 Å². The fraction of sp³-hybridized carbons (Fsp3) is 0.857. The molecule has 0 aliphatic heterocycles. The molecule has 0 aromatic carbocycles. The molecule has 0 radical (unpaired) electrons. The van der Waals surface area contributed by atoms with Crippen LogP contribution in [0.4, 0.5) is 0 Å². The van der Waals surface area contributed by atoms with Crippen LogP contribution in [-0.4, -0.2) is 5.97 Å². The Morgan fingerprint density at radius 1 is 1.60 bits per heavy atom. The highest BCUT2D eigenvalue weighted by Gasteiger charge is 2.00. The highest BCUT2D eigenvalue weighted by atomic mass is 16.7. The molecule has 0 amide bonds. The average molecular weight is 145 g/mol. The molecule has 3 nitrogen and oxygen atoms in total. The van der Waals surface area contributed by atoms with Gasteiger partial charge in [-0.25, -0.2) is 0 Å². The molecule has 10 heavy (non-hydrogen) atoms. The van der Waals surface area contributed by atoms with Crippen molar-refractivity contribution in [1.29, 1.82) is 0 Å². The quantitative estimate of drug-likeness (QED) is 0.605. The Morgan fingerprint density at radius 3 is 2.60 bits per heavy atom. The van der Waals surface area contributed by atoms with Crippen LogP contribution in [0.1, 0.15) is 33.1 Å². The van der Waals surface area contributed by atoms with E-state index in [0.29, 0.717) is 12.3 Å². The van der Waals surface area contributed by atoms with Gasteiger partial charge in [-0.05, 0) is 12.3 Å². The van der Waals surface area contributed by atoms with Crippen LogP contribution in [0.2, 0.25) is 0 Å². The van der Waals surface area contributed by atoms with Crippen molar-refractivity contribution in [2.45, 2.75) is 33.1 Å². The molecule has 0 spiro atoms. The first-order chi connectivity index (χ1) is 4.66. The van der Waals surface area contributed by atoms with Crippen molar-refractivity contribution in [3.63, 3.8) is 0 Å². The van der Waals surface area contributed by atoms with Crippen molar-refractivity contribution in [2.24, 2.45) is 11.8 Å². The van der Waals surface area contributed by atoms with Gasteiger partial charge in [0.15, 0.2) is 0 Å². The molecule has 0 atom stereocenters. The van der Waals surface area contributed by atoms with Crippen molar-refractivity contribution in [1.82, 2.24) is 0 Å². The number of hydrogen-bond acceptors (Lipinski definition) is 3. The minimum absolute atomic E-state index is 0.319. The van der Waals surface area contributed by atoms with E-state index in [-0.39, 0.29) is 5.97 Å². The van der Waals surface area contributed by atoms with E-state index in [1.54, 1.807) is 0 Å². The van der Waals surface area contributed by atoms with Crippen LogP contribution < -0.4 is 5.90 Å². The van der Waals surface area contributed by atoms with Gasteiger partial charge in [0.2, 0.25) is 0 Å². The van der Waals surface area contributed by atoms with Gasteiger partial charge in [-0.1, -0.05) is 20.3 Å². The van der Waals surface area contributed by atoms with Gasteiger partial charge in [0, 0.05) is 6.42 Å². The SMILES string of the molecule is CC(C)CCCC(=O)ON. The third-order valence-corrected chi connectivity index (χ3v) is 1.29. The van der Waals surface area contributed by atoms with Gasteiger partial charge in [-0.15, -0.1) is 0 Å². The Balaban J connectivity index is 3.12. The summed E-state index contributed by atoms with van der Waals surface area (Å²) in [4.78, 5) is 14.4. The minimum atomic E-state index is -0.319. The van der Waals surface area contributed by atoms with Gasteiger partial charge in [0.05, 0.1) is 0 Å². The van der Waals surface area contributed by atoms with Crippen LogP contribution in [0, 0.1) is 5.92 Å². The smallest absolute Gasteiger partial charge is 0.324 e. The third-order valence-electron chi connectivity index (χ3n) is 1.29. The molecule has 0 saturated heterocycles. The van der Waals surface area contributed by atoms with Crippen molar-refractivity contribution >= 4 is 5.97 Å². The molecule has 0 aromatic rings. The third kappa shape index (κ3) is 5.56. The number of carbonyl (C=O) groups is 1. The summed E-state index contributed by atoms with van der Waals surface area (Å²) in [6, 6.07) is 0. The lowest BCUT2D eigenvalue weighted by molar-refractivity contribution is -0.144. The van der Waals surface area contributed by atoms with E-state index in [2.05, 4.69) is 24.6 Å². The molecule has 0 heterocycles. The van der Waals surface area contributed by atoms with E-state index in [1.165, 1.54) is 0 Å². The molecule has 0 aliphatic rings. The number of rotatable bonds is 4. The summed E-state index contributed by atoms with van der Waals surface area (Å²) < 4.78 is 0. The van der Waals surface area contributed by atoms with E-state index < -0.39 is 0 Å². The lowest BCUT2D eigenvalue weighted by Crippen LogP contribution is -2.09. The molecule has 0 aromatic heterocycles. The summed E-state index contributed by atoms with van der Waals surface area (Å²) in [5, 5.41) is 0. The lowest BCUT2D eigenvalue weighted by Gasteiger charge is -2.01. The monoisotopic (exact) mass is 145 g/mol. The molecular formula is C7H15NO2. The fourth-order valence-corrected chi connectivity index (χ4v) is 0.714. The largest absolute Gasteiger partial charge is 0.373 e. The van der Waals surface area contributed by atoms with Gasteiger partial charge in [-0.2, -0.15) is 5.90 Å². The lowest BCUT2D eigenvalue weighted by atomic mass is 10.1. The van der Waals surface area contributed by atoms with Crippen molar-refractivity contribution < 1.29 is 9.63 Å². The minimum Gasteiger partial charge on any atom is -0.373 e. The molecule has 3 heteroatoms. The normalized spacial score (nSPS) is 10.0. The summed E-state index contributed by atoms with van der Waals surface area (Å²) in [7, 11) is 0. The second kappa shape index (κ2) is 5.23. The zero-order valence-electron chi connectivity index (χ0n) is 6.59. The van der Waals surface area contributed by atoms with Crippen LogP contribution in [0.15, 0.2) is 0 Å². The first-order valence-electron chi connectivity index (χ1n) is 3.56. The summed E-state index contributed by atoms with van der Waals surface area (Å²) in [5.41, 5.74) is 0. The van der Waals surface area contributed by atoms with Gasteiger partial charge < -0.3 is 4.84 Å². The van der Waals surface area contributed by atoms with E-state index in [9.17, 15) is 4.79 Å². The number of nitrogens with two attached hydrogens (primary N) is 1. The van der Waals surface area contributed by atoms with Crippen LogP contribution in [-0.2, 0) is 9.63 Å².